The number of amides is 2. The Hall–Kier alpha value is -3.55. The van der Waals surface area contributed by atoms with Crippen molar-refractivity contribution in [3.63, 3.8) is 0 Å². The lowest BCUT2D eigenvalue weighted by molar-refractivity contribution is -0.128. The lowest BCUT2D eigenvalue weighted by Gasteiger charge is -2.17. The molecule has 4 rings (SSSR count). The zero-order chi connectivity index (χ0) is 19.5. The third-order valence-electron chi connectivity index (χ3n) is 4.68. The SMILES string of the molecule is O=C(N[C@H]1CC(=O)N(Cc2ccc(F)cc2)C1)c1ccccc1-c1ncn[nH]1. The van der Waals surface area contributed by atoms with Crippen LogP contribution in [0.15, 0.2) is 54.9 Å². The lowest BCUT2D eigenvalue weighted by atomic mass is 10.1. The molecule has 0 unspecified atom stereocenters. The number of carbonyl (C=O) groups excluding carboxylic acids is 2. The summed E-state index contributed by atoms with van der Waals surface area (Å²) < 4.78 is 13.0. The highest BCUT2D eigenvalue weighted by Gasteiger charge is 2.31. The predicted molar refractivity (Wildman–Crippen MR) is 99.5 cm³/mol. The predicted octanol–water partition coefficient (Wildman–Crippen LogP) is 2.14. The minimum Gasteiger partial charge on any atom is -0.347 e. The summed E-state index contributed by atoms with van der Waals surface area (Å²) in [5.41, 5.74) is 1.95. The van der Waals surface area contributed by atoms with Crippen molar-refractivity contribution in [1.29, 1.82) is 0 Å². The standard InChI is InChI=1S/C20H18FN5O2/c21-14-7-5-13(6-8-14)10-26-11-15(9-18(26)27)24-20(28)17-4-2-1-3-16(17)19-22-12-23-25-19/h1-8,12,15H,9-11H2,(H,24,28)(H,22,23,25)/t15-/m0/s1. The quantitative estimate of drug-likeness (QED) is 0.711. The van der Waals surface area contributed by atoms with Gasteiger partial charge in [-0.1, -0.05) is 30.3 Å². The summed E-state index contributed by atoms with van der Waals surface area (Å²) in [7, 11) is 0. The molecule has 8 heteroatoms. The molecule has 1 fully saturated rings. The number of aromatic amines is 1. The van der Waals surface area contributed by atoms with Gasteiger partial charge in [-0.25, -0.2) is 9.37 Å². The number of rotatable bonds is 5. The molecule has 0 bridgehead atoms. The van der Waals surface area contributed by atoms with E-state index in [4.69, 9.17) is 0 Å². The Bertz CT molecular complexity index is 988. The molecule has 1 aliphatic rings. The van der Waals surface area contributed by atoms with Crippen LogP contribution in [-0.4, -0.2) is 44.5 Å². The van der Waals surface area contributed by atoms with Gasteiger partial charge in [0.2, 0.25) is 5.91 Å². The number of halogens is 1. The summed E-state index contributed by atoms with van der Waals surface area (Å²) in [6.07, 6.45) is 1.62. The van der Waals surface area contributed by atoms with Gasteiger partial charge in [-0.2, -0.15) is 5.10 Å². The normalized spacial score (nSPS) is 16.4. The molecule has 1 aliphatic heterocycles. The van der Waals surface area contributed by atoms with Gasteiger partial charge in [-0.05, 0) is 23.8 Å². The van der Waals surface area contributed by atoms with Gasteiger partial charge in [0, 0.05) is 25.1 Å². The second-order valence-corrected chi connectivity index (χ2v) is 6.65. The molecule has 0 radical (unpaired) electrons. The third-order valence-corrected chi connectivity index (χ3v) is 4.68. The number of likely N-dealkylation sites (tertiary alicyclic amines) is 1. The molecule has 1 atom stereocenters. The van der Waals surface area contributed by atoms with E-state index in [9.17, 15) is 14.0 Å². The Morgan fingerprint density at radius 2 is 2.00 bits per heavy atom. The molecule has 0 aliphatic carbocycles. The lowest BCUT2D eigenvalue weighted by Crippen LogP contribution is -2.37. The Labute approximate surface area is 160 Å². The fourth-order valence-corrected chi connectivity index (χ4v) is 3.32. The Morgan fingerprint density at radius 1 is 1.21 bits per heavy atom. The van der Waals surface area contributed by atoms with Crippen molar-refractivity contribution in [3.05, 3.63) is 71.8 Å². The Kier molecular flexibility index (Phi) is 4.84. The molecule has 0 saturated carbocycles. The maximum absolute atomic E-state index is 13.0. The molecule has 2 heterocycles. The second kappa shape index (κ2) is 7.59. The van der Waals surface area contributed by atoms with Crippen LogP contribution in [0.1, 0.15) is 22.3 Å². The highest BCUT2D eigenvalue weighted by atomic mass is 19.1. The van der Waals surface area contributed by atoms with Gasteiger partial charge in [0.15, 0.2) is 5.82 Å². The van der Waals surface area contributed by atoms with Crippen molar-refractivity contribution >= 4 is 11.8 Å². The molecule has 2 N–H and O–H groups in total. The van der Waals surface area contributed by atoms with Gasteiger partial charge in [-0.15, -0.1) is 0 Å². The molecule has 3 aromatic rings. The zero-order valence-corrected chi connectivity index (χ0v) is 14.9. The first kappa shape index (κ1) is 17.8. The van der Waals surface area contributed by atoms with Gasteiger partial charge in [0.1, 0.15) is 12.1 Å². The van der Waals surface area contributed by atoms with E-state index in [-0.39, 0.29) is 30.1 Å². The minimum atomic E-state index is -0.313. The van der Waals surface area contributed by atoms with Crippen molar-refractivity contribution in [2.75, 3.05) is 6.54 Å². The molecule has 2 amide bonds. The van der Waals surface area contributed by atoms with E-state index in [1.165, 1.54) is 18.5 Å². The van der Waals surface area contributed by atoms with Crippen LogP contribution in [0.4, 0.5) is 4.39 Å². The number of nitrogens with zero attached hydrogens (tertiary/aromatic N) is 3. The van der Waals surface area contributed by atoms with Crippen molar-refractivity contribution in [2.45, 2.75) is 19.0 Å². The van der Waals surface area contributed by atoms with Crippen LogP contribution in [-0.2, 0) is 11.3 Å². The van der Waals surface area contributed by atoms with Crippen LogP contribution in [0.5, 0.6) is 0 Å². The summed E-state index contributed by atoms with van der Waals surface area (Å²) in [6.45, 7) is 0.798. The van der Waals surface area contributed by atoms with E-state index in [1.807, 2.05) is 6.07 Å². The largest absolute Gasteiger partial charge is 0.347 e. The van der Waals surface area contributed by atoms with Gasteiger partial charge >= 0.3 is 0 Å². The molecule has 142 valence electrons. The summed E-state index contributed by atoms with van der Waals surface area (Å²) in [5.74, 6) is -0.121. The smallest absolute Gasteiger partial charge is 0.252 e. The third kappa shape index (κ3) is 3.75. The number of aromatic nitrogens is 3. The Morgan fingerprint density at radius 3 is 2.75 bits per heavy atom. The maximum Gasteiger partial charge on any atom is 0.252 e. The van der Waals surface area contributed by atoms with Gasteiger partial charge < -0.3 is 10.2 Å². The van der Waals surface area contributed by atoms with Crippen molar-refractivity contribution < 1.29 is 14.0 Å². The highest BCUT2D eigenvalue weighted by Crippen LogP contribution is 2.21. The molecule has 1 saturated heterocycles. The van der Waals surface area contributed by atoms with Crippen molar-refractivity contribution in [1.82, 2.24) is 25.4 Å². The van der Waals surface area contributed by atoms with E-state index in [0.717, 1.165) is 5.56 Å². The first-order valence-corrected chi connectivity index (χ1v) is 8.88. The molecule has 7 nitrogen and oxygen atoms in total. The van der Waals surface area contributed by atoms with Gasteiger partial charge in [0.25, 0.3) is 5.91 Å². The van der Waals surface area contributed by atoms with E-state index in [2.05, 4.69) is 20.5 Å². The monoisotopic (exact) mass is 379 g/mol. The van der Waals surface area contributed by atoms with E-state index in [1.54, 1.807) is 35.2 Å². The van der Waals surface area contributed by atoms with Crippen LogP contribution in [0.25, 0.3) is 11.4 Å². The van der Waals surface area contributed by atoms with Gasteiger partial charge in [-0.3, -0.25) is 14.7 Å². The minimum absolute atomic E-state index is 0.0434. The molecule has 28 heavy (non-hydrogen) atoms. The average molecular weight is 379 g/mol. The van der Waals surface area contributed by atoms with Crippen LogP contribution in [0.3, 0.4) is 0 Å². The fraction of sp³-hybridized carbons (Fsp3) is 0.200. The molecule has 0 spiro atoms. The van der Waals surface area contributed by atoms with E-state index >= 15 is 0 Å². The summed E-state index contributed by atoms with van der Waals surface area (Å²) in [6, 6.07) is 12.8. The Balaban J connectivity index is 1.43. The molecule has 2 aromatic carbocycles. The first-order valence-electron chi connectivity index (χ1n) is 8.88. The maximum atomic E-state index is 13.0. The summed E-state index contributed by atoms with van der Waals surface area (Å²) in [4.78, 5) is 30.9. The highest BCUT2D eigenvalue weighted by molar-refractivity contribution is 6.00. The van der Waals surface area contributed by atoms with Crippen LogP contribution in [0, 0.1) is 5.82 Å². The van der Waals surface area contributed by atoms with Crippen molar-refractivity contribution in [3.8, 4) is 11.4 Å². The molecular weight excluding hydrogens is 361 g/mol. The summed E-state index contributed by atoms with van der Waals surface area (Å²) in [5, 5.41) is 9.51. The van der Waals surface area contributed by atoms with E-state index in [0.29, 0.717) is 30.0 Å². The van der Waals surface area contributed by atoms with Gasteiger partial charge in [0.05, 0.1) is 11.6 Å². The number of H-pyrrole nitrogens is 1. The first-order chi connectivity index (χ1) is 13.6. The topological polar surface area (TPSA) is 91.0 Å². The van der Waals surface area contributed by atoms with E-state index < -0.39 is 0 Å². The number of hydrogen-bond acceptors (Lipinski definition) is 4. The second-order valence-electron chi connectivity index (χ2n) is 6.65. The number of nitrogens with one attached hydrogen (secondary N) is 2. The number of benzene rings is 2. The summed E-state index contributed by atoms with van der Waals surface area (Å²) >= 11 is 0. The average Bonchev–Trinajstić information content (AvgIpc) is 3.34. The number of hydrogen-bond donors (Lipinski definition) is 2. The molecular formula is C20H18FN5O2. The van der Waals surface area contributed by atoms with Crippen LogP contribution < -0.4 is 5.32 Å². The van der Waals surface area contributed by atoms with Crippen molar-refractivity contribution in [2.24, 2.45) is 0 Å². The van der Waals surface area contributed by atoms with Crippen LogP contribution in [0.2, 0.25) is 0 Å². The van der Waals surface area contributed by atoms with Crippen LogP contribution >= 0.6 is 0 Å². The fourth-order valence-electron chi connectivity index (χ4n) is 3.32. The number of carbonyl (C=O) groups is 2. The zero-order valence-electron chi connectivity index (χ0n) is 14.9. The molecule has 1 aromatic heterocycles.